The molecule has 0 unspecified atom stereocenters. The van der Waals surface area contributed by atoms with E-state index in [0.717, 1.165) is 28.0 Å². The van der Waals surface area contributed by atoms with Crippen LogP contribution >= 0.6 is 0 Å². The van der Waals surface area contributed by atoms with Crippen LogP contribution in [0.2, 0.25) is 0 Å². The molecule has 3 rings (SSSR count). The maximum absolute atomic E-state index is 12.4. The zero-order valence-electron chi connectivity index (χ0n) is 11.6. The van der Waals surface area contributed by atoms with Gasteiger partial charge in [-0.05, 0) is 32.0 Å². The zero-order chi connectivity index (χ0) is 14.3. The van der Waals surface area contributed by atoms with E-state index in [4.69, 9.17) is 0 Å². The third kappa shape index (κ3) is 1.95. The van der Waals surface area contributed by atoms with E-state index in [9.17, 15) is 4.79 Å². The lowest BCUT2D eigenvalue weighted by atomic mass is 10.1. The van der Waals surface area contributed by atoms with Crippen LogP contribution < -0.4 is 5.32 Å². The Labute approximate surface area is 115 Å². The number of H-pyrrole nitrogens is 1. The summed E-state index contributed by atoms with van der Waals surface area (Å²) in [7, 11) is 1.83. The van der Waals surface area contributed by atoms with Gasteiger partial charge in [0.2, 0.25) is 0 Å². The third-order valence-electron chi connectivity index (χ3n) is 3.43. The monoisotopic (exact) mass is 269 g/mol. The number of nitrogens with one attached hydrogen (secondary N) is 2. The van der Waals surface area contributed by atoms with Gasteiger partial charge >= 0.3 is 0 Å². The lowest BCUT2D eigenvalue weighted by Gasteiger charge is -2.05. The average molecular weight is 269 g/mol. The van der Waals surface area contributed by atoms with Gasteiger partial charge in [-0.3, -0.25) is 14.6 Å². The van der Waals surface area contributed by atoms with Gasteiger partial charge in [-0.1, -0.05) is 0 Å². The van der Waals surface area contributed by atoms with Crippen molar-refractivity contribution in [2.75, 3.05) is 5.32 Å². The molecular formula is C14H15N5O. The van der Waals surface area contributed by atoms with E-state index in [1.807, 2.05) is 39.1 Å². The molecule has 0 spiro atoms. The van der Waals surface area contributed by atoms with Gasteiger partial charge in [-0.2, -0.15) is 10.2 Å². The molecule has 0 aliphatic heterocycles. The van der Waals surface area contributed by atoms with Crippen LogP contribution in [0.25, 0.3) is 10.9 Å². The molecule has 1 aromatic carbocycles. The molecule has 0 saturated heterocycles. The molecule has 3 aromatic rings. The number of amides is 1. The van der Waals surface area contributed by atoms with Crippen LogP contribution in [0.5, 0.6) is 0 Å². The third-order valence-corrected chi connectivity index (χ3v) is 3.43. The number of anilines is 1. The first-order valence-electron chi connectivity index (χ1n) is 6.31. The second-order valence-electron chi connectivity index (χ2n) is 4.80. The number of hydrogen-bond donors (Lipinski definition) is 2. The van der Waals surface area contributed by atoms with Crippen molar-refractivity contribution < 1.29 is 4.79 Å². The first-order valence-corrected chi connectivity index (χ1v) is 6.31. The molecule has 0 aliphatic rings. The van der Waals surface area contributed by atoms with Crippen molar-refractivity contribution in [3.63, 3.8) is 0 Å². The zero-order valence-corrected chi connectivity index (χ0v) is 11.6. The second kappa shape index (κ2) is 4.48. The highest BCUT2D eigenvalue weighted by Crippen LogP contribution is 2.19. The summed E-state index contributed by atoms with van der Waals surface area (Å²) in [4.78, 5) is 12.4. The maximum atomic E-state index is 12.4. The van der Waals surface area contributed by atoms with Crippen molar-refractivity contribution in [1.82, 2.24) is 20.0 Å². The number of aromatic nitrogens is 4. The minimum Gasteiger partial charge on any atom is -0.322 e. The van der Waals surface area contributed by atoms with Gasteiger partial charge in [-0.15, -0.1) is 0 Å². The Hall–Kier alpha value is -2.63. The number of fused-ring (bicyclic) bond motifs is 1. The van der Waals surface area contributed by atoms with E-state index in [0.29, 0.717) is 5.56 Å². The van der Waals surface area contributed by atoms with Crippen molar-refractivity contribution in [2.24, 2.45) is 7.05 Å². The Kier molecular flexibility index (Phi) is 2.78. The lowest BCUT2D eigenvalue weighted by Crippen LogP contribution is -2.14. The summed E-state index contributed by atoms with van der Waals surface area (Å²) >= 11 is 0. The van der Waals surface area contributed by atoms with Gasteiger partial charge < -0.3 is 5.32 Å². The molecule has 0 saturated carbocycles. The normalized spacial score (nSPS) is 10.9. The Morgan fingerprint density at radius 3 is 2.85 bits per heavy atom. The van der Waals surface area contributed by atoms with Crippen molar-refractivity contribution in [3.8, 4) is 0 Å². The molecule has 0 bridgehead atoms. The lowest BCUT2D eigenvalue weighted by molar-refractivity contribution is 0.102. The van der Waals surface area contributed by atoms with E-state index in [-0.39, 0.29) is 5.91 Å². The van der Waals surface area contributed by atoms with E-state index in [1.165, 1.54) is 0 Å². The average Bonchev–Trinajstić information content (AvgIpc) is 2.94. The van der Waals surface area contributed by atoms with E-state index >= 15 is 0 Å². The van der Waals surface area contributed by atoms with Gasteiger partial charge in [0, 0.05) is 23.8 Å². The number of rotatable bonds is 2. The number of aryl methyl sites for hydroxylation is 2. The van der Waals surface area contributed by atoms with E-state index < -0.39 is 0 Å². The van der Waals surface area contributed by atoms with Crippen molar-refractivity contribution in [2.45, 2.75) is 13.8 Å². The fourth-order valence-electron chi connectivity index (χ4n) is 2.32. The highest BCUT2D eigenvalue weighted by molar-refractivity contribution is 6.06. The van der Waals surface area contributed by atoms with Gasteiger partial charge in [0.25, 0.3) is 5.91 Å². The molecule has 1 amide bonds. The molecule has 20 heavy (non-hydrogen) atoms. The van der Waals surface area contributed by atoms with Crippen LogP contribution in [-0.4, -0.2) is 25.9 Å². The Morgan fingerprint density at radius 1 is 1.35 bits per heavy atom. The molecule has 6 heteroatoms. The number of nitrogens with zero attached hydrogens (tertiary/aromatic N) is 3. The molecule has 6 nitrogen and oxygen atoms in total. The van der Waals surface area contributed by atoms with Crippen molar-refractivity contribution in [3.05, 3.63) is 41.3 Å². The summed E-state index contributed by atoms with van der Waals surface area (Å²) in [6.45, 7) is 3.72. The van der Waals surface area contributed by atoms with Crippen LogP contribution in [0.4, 0.5) is 5.69 Å². The molecule has 0 atom stereocenters. The molecule has 2 aromatic heterocycles. The topological polar surface area (TPSA) is 75.6 Å². The number of carbonyl (C=O) groups is 1. The Bertz CT molecular complexity index is 799. The van der Waals surface area contributed by atoms with E-state index in [2.05, 4.69) is 20.6 Å². The van der Waals surface area contributed by atoms with Crippen LogP contribution in [0.1, 0.15) is 21.7 Å². The molecule has 102 valence electrons. The minimum absolute atomic E-state index is 0.143. The fourth-order valence-corrected chi connectivity index (χ4v) is 2.32. The number of benzene rings is 1. The predicted molar refractivity (Wildman–Crippen MR) is 76.7 cm³/mol. The SMILES string of the molecule is Cc1nn(C)c(C)c1C(=O)Nc1ccc2[nH]ncc2c1. The van der Waals surface area contributed by atoms with Gasteiger partial charge in [0.1, 0.15) is 0 Å². The quantitative estimate of drug-likeness (QED) is 0.748. The molecular weight excluding hydrogens is 254 g/mol. The maximum Gasteiger partial charge on any atom is 0.259 e. The molecule has 2 heterocycles. The number of aromatic amines is 1. The van der Waals surface area contributed by atoms with Crippen LogP contribution in [0.15, 0.2) is 24.4 Å². The smallest absolute Gasteiger partial charge is 0.259 e. The first-order chi connectivity index (χ1) is 9.56. The van der Waals surface area contributed by atoms with Gasteiger partial charge in [0.15, 0.2) is 0 Å². The van der Waals surface area contributed by atoms with Crippen molar-refractivity contribution >= 4 is 22.5 Å². The largest absolute Gasteiger partial charge is 0.322 e. The summed E-state index contributed by atoms with van der Waals surface area (Å²) in [5.74, 6) is -0.143. The Balaban J connectivity index is 1.91. The molecule has 2 N–H and O–H groups in total. The predicted octanol–water partition coefficient (Wildman–Crippen LogP) is 2.17. The fraction of sp³-hybridized carbons (Fsp3) is 0.214. The minimum atomic E-state index is -0.143. The highest BCUT2D eigenvalue weighted by atomic mass is 16.1. The van der Waals surface area contributed by atoms with Crippen LogP contribution in [0.3, 0.4) is 0 Å². The summed E-state index contributed by atoms with van der Waals surface area (Å²) in [5.41, 5.74) is 3.89. The second-order valence-corrected chi connectivity index (χ2v) is 4.80. The summed E-state index contributed by atoms with van der Waals surface area (Å²) in [6, 6.07) is 5.62. The summed E-state index contributed by atoms with van der Waals surface area (Å²) < 4.78 is 1.71. The van der Waals surface area contributed by atoms with Crippen LogP contribution in [0, 0.1) is 13.8 Å². The molecule has 0 fully saturated rings. The summed E-state index contributed by atoms with van der Waals surface area (Å²) in [5, 5.41) is 15.0. The molecule has 0 aliphatic carbocycles. The van der Waals surface area contributed by atoms with Crippen molar-refractivity contribution in [1.29, 1.82) is 0 Å². The standard InChI is InChI=1S/C14H15N5O/c1-8-13(9(2)19(3)18-8)14(20)16-11-4-5-12-10(6-11)7-15-17-12/h4-7H,1-3H3,(H,15,17)(H,16,20). The Morgan fingerprint density at radius 2 is 2.15 bits per heavy atom. The first kappa shape index (κ1) is 12.4. The van der Waals surface area contributed by atoms with Crippen LogP contribution in [-0.2, 0) is 7.05 Å². The highest BCUT2D eigenvalue weighted by Gasteiger charge is 2.17. The van der Waals surface area contributed by atoms with E-state index in [1.54, 1.807) is 10.9 Å². The summed E-state index contributed by atoms with van der Waals surface area (Å²) in [6.07, 6.45) is 1.73. The van der Waals surface area contributed by atoms with Gasteiger partial charge in [-0.25, -0.2) is 0 Å². The number of carbonyl (C=O) groups excluding carboxylic acids is 1. The molecule has 0 radical (unpaired) electrons. The number of hydrogen-bond acceptors (Lipinski definition) is 3. The van der Waals surface area contributed by atoms with Gasteiger partial charge in [0.05, 0.1) is 23.0 Å².